The second-order valence-corrected chi connectivity index (χ2v) is 6.32. The van der Waals surface area contributed by atoms with E-state index in [9.17, 15) is 5.11 Å². The van der Waals surface area contributed by atoms with Crippen molar-refractivity contribution in [2.45, 2.75) is 69.7 Å². The minimum absolute atomic E-state index is 0.136. The Balaban J connectivity index is 1.79. The molecule has 0 spiro atoms. The molecule has 0 saturated carbocycles. The number of aliphatic hydroxyl groups excluding tert-OH is 1. The molecule has 8 atom stereocenters. The largest absolute Gasteiger partial charge is 0.387 e. The first-order valence-corrected chi connectivity index (χ1v) is 7.28. The quantitative estimate of drug-likeness (QED) is 0.801. The molecule has 0 aromatic heterocycles. The Morgan fingerprint density at radius 1 is 0.857 bits per heavy atom. The molecule has 1 N–H and O–H groups in total. The molecule has 7 heteroatoms. The van der Waals surface area contributed by atoms with Crippen LogP contribution in [0.1, 0.15) is 20.8 Å². The van der Waals surface area contributed by atoms with E-state index in [1.54, 1.807) is 7.11 Å². The van der Waals surface area contributed by atoms with E-state index in [2.05, 4.69) is 0 Å². The summed E-state index contributed by atoms with van der Waals surface area (Å²) in [5.74, 6) is -0.821. The summed E-state index contributed by atoms with van der Waals surface area (Å²) in [5, 5.41) is 10.1. The van der Waals surface area contributed by atoms with E-state index in [4.69, 9.17) is 28.4 Å². The van der Waals surface area contributed by atoms with Crippen molar-refractivity contribution < 1.29 is 33.5 Å². The van der Waals surface area contributed by atoms with Gasteiger partial charge in [0.1, 0.15) is 24.4 Å². The predicted octanol–water partition coefficient (Wildman–Crippen LogP) is 0.246. The lowest BCUT2D eigenvalue weighted by Gasteiger charge is -2.28. The van der Waals surface area contributed by atoms with E-state index < -0.39 is 24.5 Å². The zero-order chi connectivity index (χ0) is 15.4. The summed E-state index contributed by atoms with van der Waals surface area (Å²) in [6, 6.07) is 0. The molecule has 3 aliphatic rings. The molecule has 7 nitrogen and oxygen atoms in total. The lowest BCUT2D eigenvalue weighted by molar-refractivity contribution is -0.246. The molecule has 3 heterocycles. The summed E-state index contributed by atoms with van der Waals surface area (Å²) in [7, 11) is 3.09. The van der Waals surface area contributed by atoms with Crippen LogP contribution in [0.4, 0.5) is 0 Å². The van der Waals surface area contributed by atoms with E-state index in [-0.39, 0.29) is 30.3 Å². The van der Waals surface area contributed by atoms with Crippen molar-refractivity contribution in [1.29, 1.82) is 0 Å². The lowest BCUT2D eigenvalue weighted by Crippen LogP contribution is -2.41. The molecule has 3 fully saturated rings. The van der Waals surface area contributed by atoms with E-state index >= 15 is 0 Å². The SMILES string of the molecule is CO[C@H]1O[C@H]([C@H]2O[C@@H](OC)[C@@H]3OC(C)(C)O[C@H]23)[C@@H](C)[C@H]1O. The van der Waals surface area contributed by atoms with Crippen molar-refractivity contribution in [3.05, 3.63) is 0 Å². The van der Waals surface area contributed by atoms with Gasteiger partial charge in [-0.25, -0.2) is 0 Å². The molecule has 0 aliphatic carbocycles. The molecule has 3 rings (SSSR count). The van der Waals surface area contributed by atoms with E-state index in [0.29, 0.717) is 0 Å². The standard InChI is InChI=1S/C14H24O7/c1-6-7(15)12(16-4)18-8(6)9-10-11(13(17-5)19-9)21-14(2,3)20-10/h6-13,15H,1-5H3/t6-,7+,8-,9+,10+,11+,12-,13+/m0/s1. The number of fused-ring (bicyclic) bond motifs is 1. The van der Waals surface area contributed by atoms with Gasteiger partial charge in [-0.15, -0.1) is 0 Å². The van der Waals surface area contributed by atoms with Gasteiger partial charge in [0.25, 0.3) is 0 Å². The van der Waals surface area contributed by atoms with Crippen molar-refractivity contribution >= 4 is 0 Å². The van der Waals surface area contributed by atoms with Crippen LogP contribution >= 0.6 is 0 Å². The van der Waals surface area contributed by atoms with Crippen LogP contribution < -0.4 is 0 Å². The van der Waals surface area contributed by atoms with Crippen LogP contribution in [-0.2, 0) is 28.4 Å². The Morgan fingerprint density at radius 3 is 2.00 bits per heavy atom. The molecule has 0 radical (unpaired) electrons. The molecule has 3 aliphatic heterocycles. The van der Waals surface area contributed by atoms with E-state index in [1.807, 2.05) is 20.8 Å². The van der Waals surface area contributed by atoms with Crippen LogP contribution in [0.3, 0.4) is 0 Å². The fraction of sp³-hybridized carbons (Fsp3) is 1.00. The van der Waals surface area contributed by atoms with Crippen molar-refractivity contribution in [3.63, 3.8) is 0 Å². The van der Waals surface area contributed by atoms with Gasteiger partial charge < -0.3 is 33.5 Å². The summed E-state index contributed by atoms with van der Waals surface area (Å²) in [6.45, 7) is 5.63. The zero-order valence-corrected chi connectivity index (χ0v) is 13.0. The summed E-state index contributed by atoms with van der Waals surface area (Å²) in [4.78, 5) is 0. The van der Waals surface area contributed by atoms with Crippen molar-refractivity contribution in [2.75, 3.05) is 14.2 Å². The topological polar surface area (TPSA) is 75.6 Å². The average molecular weight is 304 g/mol. The highest BCUT2D eigenvalue weighted by atomic mass is 16.8. The van der Waals surface area contributed by atoms with Gasteiger partial charge in [-0.3, -0.25) is 0 Å². The molecule has 0 amide bonds. The van der Waals surface area contributed by atoms with Gasteiger partial charge in [0, 0.05) is 20.1 Å². The predicted molar refractivity (Wildman–Crippen MR) is 70.3 cm³/mol. The van der Waals surface area contributed by atoms with E-state index in [1.165, 1.54) is 7.11 Å². The van der Waals surface area contributed by atoms with Crippen molar-refractivity contribution in [1.82, 2.24) is 0 Å². The third-order valence-corrected chi connectivity index (χ3v) is 4.46. The number of hydrogen-bond donors (Lipinski definition) is 1. The smallest absolute Gasteiger partial charge is 0.186 e. The summed E-state index contributed by atoms with van der Waals surface area (Å²) >= 11 is 0. The van der Waals surface area contributed by atoms with Gasteiger partial charge in [0.15, 0.2) is 18.4 Å². The Bertz CT molecular complexity index is 388. The third kappa shape index (κ3) is 2.50. The fourth-order valence-electron chi connectivity index (χ4n) is 3.42. The summed E-state index contributed by atoms with van der Waals surface area (Å²) in [6.07, 6.45) is -3.15. The maximum absolute atomic E-state index is 10.1. The zero-order valence-electron chi connectivity index (χ0n) is 13.0. The van der Waals surface area contributed by atoms with Gasteiger partial charge in [-0.2, -0.15) is 0 Å². The van der Waals surface area contributed by atoms with Crippen LogP contribution in [0, 0.1) is 5.92 Å². The Hall–Kier alpha value is -0.280. The van der Waals surface area contributed by atoms with Gasteiger partial charge in [0.2, 0.25) is 0 Å². The van der Waals surface area contributed by atoms with Gasteiger partial charge >= 0.3 is 0 Å². The number of aliphatic hydroxyl groups is 1. The molecule has 0 aromatic rings. The normalized spacial score (nSPS) is 52.3. The molecule has 3 saturated heterocycles. The second kappa shape index (κ2) is 5.42. The van der Waals surface area contributed by atoms with Gasteiger partial charge in [0.05, 0.1) is 6.10 Å². The molecule has 0 aromatic carbocycles. The fourth-order valence-corrected chi connectivity index (χ4v) is 3.42. The molecule has 0 bridgehead atoms. The molecule has 122 valence electrons. The molecular formula is C14H24O7. The first kappa shape index (κ1) is 15.6. The monoisotopic (exact) mass is 304 g/mol. The number of hydrogen-bond acceptors (Lipinski definition) is 7. The first-order chi connectivity index (χ1) is 9.88. The van der Waals surface area contributed by atoms with Crippen LogP contribution in [-0.4, -0.2) is 68.2 Å². The number of rotatable bonds is 3. The highest BCUT2D eigenvalue weighted by molar-refractivity contribution is 5.02. The Labute approximate surface area is 124 Å². The summed E-state index contributed by atoms with van der Waals surface area (Å²) in [5.41, 5.74) is 0. The maximum Gasteiger partial charge on any atom is 0.186 e. The van der Waals surface area contributed by atoms with Gasteiger partial charge in [-0.1, -0.05) is 6.92 Å². The van der Waals surface area contributed by atoms with E-state index in [0.717, 1.165) is 0 Å². The second-order valence-electron chi connectivity index (χ2n) is 6.32. The first-order valence-electron chi connectivity index (χ1n) is 7.28. The highest BCUT2D eigenvalue weighted by Crippen LogP contribution is 2.43. The summed E-state index contributed by atoms with van der Waals surface area (Å²) < 4.78 is 34.0. The molecular weight excluding hydrogens is 280 g/mol. The van der Waals surface area contributed by atoms with Crippen LogP contribution in [0.5, 0.6) is 0 Å². The number of ether oxygens (including phenoxy) is 6. The third-order valence-electron chi connectivity index (χ3n) is 4.46. The van der Waals surface area contributed by atoms with Gasteiger partial charge in [-0.05, 0) is 13.8 Å². The van der Waals surface area contributed by atoms with Crippen LogP contribution in [0.2, 0.25) is 0 Å². The average Bonchev–Trinajstić information content (AvgIpc) is 3.01. The lowest BCUT2D eigenvalue weighted by atomic mass is 9.93. The molecule has 0 unspecified atom stereocenters. The minimum atomic E-state index is -0.695. The highest BCUT2D eigenvalue weighted by Gasteiger charge is 2.60. The Morgan fingerprint density at radius 2 is 1.43 bits per heavy atom. The molecule has 21 heavy (non-hydrogen) atoms. The van der Waals surface area contributed by atoms with Crippen molar-refractivity contribution in [3.8, 4) is 0 Å². The Kier molecular flexibility index (Phi) is 4.03. The maximum atomic E-state index is 10.1. The number of methoxy groups -OCH3 is 2. The van der Waals surface area contributed by atoms with Crippen molar-refractivity contribution in [2.24, 2.45) is 5.92 Å². The van der Waals surface area contributed by atoms with Crippen LogP contribution in [0.25, 0.3) is 0 Å². The minimum Gasteiger partial charge on any atom is -0.387 e. The van der Waals surface area contributed by atoms with Crippen LogP contribution in [0.15, 0.2) is 0 Å².